The molecule has 12 rings (SSSR count). The van der Waals surface area contributed by atoms with Crippen molar-refractivity contribution in [3.8, 4) is 17.2 Å². The van der Waals surface area contributed by atoms with Crippen molar-refractivity contribution in [2.45, 2.75) is 0 Å². The lowest BCUT2D eigenvalue weighted by molar-refractivity contribution is 0.488. The molecule has 0 radical (unpaired) electrons. The normalized spacial score (nSPS) is 14.3. The molecule has 2 aromatic heterocycles. The third-order valence-electron chi connectivity index (χ3n) is 12.2. The van der Waals surface area contributed by atoms with Crippen molar-refractivity contribution in [1.29, 1.82) is 0 Å². The van der Waals surface area contributed by atoms with Crippen LogP contribution in [0.5, 0.6) is 11.5 Å². The van der Waals surface area contributed by atoms with Gasteiger partial charge >= 0.3 is 0 Å². The number of para-hydroxylation sites is 2. The third kappa shape index (κ3) is 3.78. The molecule has 3 aliphatic rings. The highest BCUT2D eigenvalue weighted by Crippen LogP contribution is 2.32. The second-order valence-electron chi connectivity index (χ2n) is 14.6. The molecular formula is C47H30B2N2OSi. The molecule has 7 aromatic carbocycles. The van der Waals surface area contributed by atoms with Crippen LogP contribution in [0.2, 0.25) is 0 Å². The van der Waals surface area contributed by atoms with Crippen molar-refractivity contribution in [1.82, 2.24) is 9.55 Å². The van der Waals surface area contributed by atoms with E-state index in [1.807, 2.05) is 12.4 Å². The Balaban J connectivity index is 1.16. The summed E-state index contributed by atoms with van der Waals surface area (Å²) in [6.07, 6.45) is 3.77. The first-order valence-electron chi connectivity index (χ1n) is 18.4. The van der Waals surface area contributed by atoms with Crippen LogP contribution in [0.15, 0.2) is 182 Å². The Morgan fingerprint density at radius 3 is 1.75 bits per heavy atom. The molecule has 1 spiro atoms. The summed E-state index contributed by atoms with van der Waals surface area (Å²) < 4.78 is 9.17. The maximum atomic E-state index is 6.77. The molecule has 0 saturated heterocycles. The van der Waals surface area contributed by atoms with Gasteiger partial charge in [-0.1, -0.05) is 155 Å². The molecule has 0 atom stereocenters. The van der Waals surface area contributed by atoms with Crippen molar-refractivity contribution in [2.24, 2.45) is 0 Å². The van der Waals surface area contributed by atoms with Gasteiger partial charge in [-0.15, -0.1) is 0 Å². The Hall–Kier alpha value is -6.36. The highest BCUT2D eigenvalue weighted by Gasteiger charge is 2.56. The van der Waals surface area contributed by atoms with Crippen LogP contribution >= 0.6 is 0 Å². The first-order valence-corrected chi connectivity index (χ1v) is 20.4. The Morgan fingerprint density at radius 2 is 1.02 bits per heavy atom. The molecule has 0 unspecified atom stereocenters. The molecule has 0 fully saturated rings. The van der Waals surface area contributed by atoms with Crippen molar-refractivity contribution in [3.63, 3.8) is 0 Å². The summed E-state index contributed by atoms with van der Waals surface area (Å²) in [6, 6.07) is 63.6. The van der Waals surface area contributed by atoms with E-state index >= 15 is 0 Å². The minimum absolute atomic E-state index is 0.0650. The van der Waals surface area contributed by atoms with Crippen molar-refractivity contribution < 1.29 is 4.74 Å². The molecule has 53 heavy (non-hydrogen) atoms. The number of benzene rings is 7. The third-order valence-corrected chi connectivity index (χ3v) is 17.2. The van der Waals surface area contributed by atoms with Crippen LogP contribution in [0.1, 0.15) is 0 Å². The molecule has 9 aromatic rings. The van der Waals surface area contributed by atoms with Crippen molar-refractivity contribution >= 4 is 96.8 Å². The highest BCUT2D eigenvalue weighted by molar-refractivity contribution is 7.31. The van der Waals surface area contributed by atoms with Crippen LogP contribution < -0.4 is 58.3 Å². The maximum Gasteiger partial charge on any atom is 0.250 e. The van der Waals surface area contributed by atoms with Crippen LogP contribution in [-0.2, 0) is 0 Å². The Labute approximate surface area is 309 Å². The number of nitrogens with zero attached hydrogens (tertiary/aromatic N) is 2. The van der Waals surface area contributed by atoms with E-state index < -0.39 is 8.07 Å². The predicted molar refractivity (Wildman–Crippen MR) is 224 cm³/mol. The molecule has 244 valence electrons. The zero-order valence-corrected chi connectivity index (χ0v) is 29.8. The predicted octanol–water partition coefficient (Wildman–Crippen LogP) is 3.32. The maximum absolute atomic E-state index is 6.77. The number of pyridine rings is 1. The van der Waals surface area contributed by atoms with E-state index in [0.29, 0.717) is 0 Å². The smallest absolute Gasteiger partial charge is 0.250 e. The molecule has 0 aliphatic carbocycles. The molecule has 3 nitrogen and oxygen atoms in total. The zero-order valence-electron chi connectivity index (χ0n) is 28.8. The summed E-state index contributed by atoms with van der Waals surface area (Å²) in [5.41, 5.74) is 11.6. The van der Waals surface area contributed by atoms with Gasteiger partial charge in [0.1, 0.15) is 11.5 Å². The van der Waals surface area contributed by atoms with Crippen LogP contribution in [-0.4, -0.2) is 31.1 Å². The molecule has 0 N–H and O–H groups in total. The van der Waals surface area contributed by atoms with Gasteiger partial charge in [0.05, 0.1) is 11.0 Å². The fourth-order valence-corrected chi connectivity index (χ4v) is 16.1. The number of hydrogen-bond donors (Lipinski definition) is 0. The van der Waals surface area contributed by atoms with E-state index in [4.69, 9.17) is 4.74 Å². The van der Waals surface area contributed by atoms with Gasteiger partial charge in [-0.25, -0.2) is 0 Å². The number of aromatic nitrogens is 2. The first kappa shape index (κ1) is 29.2. The van der Waals surface area contributed by atoms with Gasteiger partial charge in [-0.2, -0.15) is 0 Å². The minimum atomic E-state index is -2.84. The number of ether oxygens (including phenoxy) is 1. The van der Waals surface area contributed by atoms with Gasteiger partial charge in [0.25, 0.3) is 6.71 Å². The zero-order chi connectivity index (χ0) is 34.7. The Bertz CT molecular complexity index is 2930. The summed E-state index contributed by atoms with van der Waals surface area (Å²) in [4.78, 5) is 4.34. The molecule has 0 saturated carbocycles. The largest absolute Gasteiger partial charge is 0.458 e. The van der Waals surface area contributed by atoms with Crippen LogP contribution in [0.3, 0.4) is 0 Å². The summed E-state index contributed by atoms with van der Waals surface area (Å²) in [7, 11) is -2.84. The molecule has 5 heterocycles. The van der Waals surface area contributed by atoms with Gasteiger partial charge in [0.2, 0.25) is 6.71 Å². The molecule has 0 amide bonds. The van der Waals surface area contributed by atoms with Gasteiger partial charge in [-0.3, -0.25) is 4.98 Å². The number of fused-ring (bicyclic) bond motifs is 13. The van der Waals surface area contributed by atoms with Crippen LogP contribution in [0, 0.1) is 0 Å². The van der Waals surface area contributed by atoms with E-state index in [0.717, 1.165) is 17.2 Å². The SMILES string of the molecule is c1ccc2c(c1)Oc1cccc3c1B2c1ccccc1[Si]31c2ccccc2B(c2ccc3c4ccccc4n(-c4ccncc4)c3c2)c2ccccc21. The molecule has 0 bridgehead atoms. The van der Waals surface area contributed by atoms with E-state index in [2.05, 4.69) is 179 Å². The average Bonchev–Trinajstić information content (AvgIpc) is 3.56. The second kappa shape index (κ2) is 10.8. The van der Waals surface area contributed by atoms with E-state index in [1.165, 1.54) is 75.3 Å². The van der Waals surface area contributed by atoms with E-state index in [-0.39, 0.29) is 13.4 Å². The fourth-order valence-electron chi connectivity index (χ4n) is 10.3. The van der Waals surface area contributed by atoms with Gasteiger partial charge in [-0.05, 0) is 68.1 Å². The highest BCUT2D eigenvalue weighted by atomic mass is 28.3. The van der Waals surface area contributed by atoms with Crippen molar-refractivity contribution in [2.75, 3.05) is 0 Å². The lowest BCUT2D eigenvalue weighted by atomic mass is 9.35. The minimum Gasteiger partial charge on any atom is -0.458 e. The fraction of sp³-hybridized carbons (Fsp3) is 0. The summed E-state index contributed by atoms with van der Waals surface area (Å²) in [5.74, 6) is 1.94. The number of hydrogen-bond acceptors (Lipinski definition) is 2. The number of rotatable bonds is 2. The summed E-state index contributed by atoms with van der Waals surface area (Å²) in [5, 5.41) is 8.38. The van der Waals surface area contributed by atoms with Crippen LogP contribution in [0.4, 0.5) is 0 Å². The molecular weight excluding hydrogens is 658 g/mol. The Kier molecular flexibility index (Phi) is 5.97. The lowest BCUT2D eigenvalue weighted by Gasteiger charge is -2.48. The van der Waals surface area contributed by atoms with Gasteiger partial charge in [0, 0.05) is 28.9 Å². The standard InChI is InChI=1S/C47H30B2N2OSi/c1-6-17-39-33(12-1)34-25-24-31(30-40(34)51(39)32-26-28-50-29-27-32)48-36-14-3-8-20-43(36)53(44-21-9-4-15-37(44)48)45-22-10-5-16-38(45)49-35-13-2-7-18-41(35)52-42-19-11-23-46(53)47(42)49/h1-30H. The molecule has 6 heteroatoms. The summed E-state index contributed by atoms with van der Waals surface area (Å²) >= 11 is 0. The van der Waals surface area contributed by atoms with Gasteiger partial charge < -0.3 is 9.30 Å². The average molecular weight is 688 g/mol. The van der Waals surface area contributed by atoms with E-state index in [1.54, 1.807) is 0 Å². The van der Waals surface area contributed by atoms with Crippen molar-refractivity contribution in [3.05, 3.63) is 182 Å². The first-order chi connectivity index (χ1) is 26.3. The monoisotopic (exact) mass is 688 g/mol. The summed E-state index contributed by atoms with van der Waals surface area (Å²) in [6.45, 7) is 0.185. The quantitative estimate of drug-likeness (QED) is 0.261. The Morgan fingerprint density at radius 1 is 0.453 bits per heavy atom. The van der Waals surface area contributed by atoms with Gasteiger partial charge in [0.15, 0.2) is 8.07 Å². The topological polar surface area (TPSA) is 27.1 Å². The van der Waals surface area contributed by atoms with E-state index in [9.17, 15) is 0 Å². The molecule has 3 aliphatic heterocycles. The second-order valence-corrected chi connectivity index (χ2v) is 18.2. The van der Waals surface area contributed by atoms with Crippen LogP contribution in [0.25, 0.3) is 27.5 Å². The lowest BCUT2D eigenvalue weighted by Crippen LogP contribution is -2.93.